The van der Waals surface area contributed by atoms with Crippen LogP contribution < -0.4 is 0 Å². The van der Waals surface area contributed by atoms with Crippen molar-refractivity contribution in [3.05, 3.63) is 70.5 Å². The topological polar surface area (TPSA) is 0 Å². The Labute approximate surface area is 154 Å². The van der Waals surface area contributed by atoms with Crippen molar-refractivity contribution in [2.24, 2.45) is 0 Å². The number of aryl methyl sites for hydroxylation is 2. The van der Waals surface area contributed by atoms with Gasteiger partial charge in [0.1, 0.15) is 5.82 Å². The zero-order valence-corrected chi connectivity index (χ0v) is 16.9. The zero-order valence-electron chi connectivity index (χ0n) is 16.9. The molecule has 2 atom stereocenters. The van der Waals surface area contributed by atoms with Crippen LogP contribution in [0.3, 0.4) is 0 Å². The van der Waals surface area contributed by atoms with Crippen LogP contribution in [0.15, 0.2) is 42.5 Å². The Balaban J connectivity index is 0.000000210. The minimum absolute atomic E-state index is 0.0992. The van der Waals surface area contributed by atoms with Crippen molar-refractivity contribution in [2.45, 2.75) is 79.1 Å². The lowest BCUT2D eigenvalue weighted by Crippen LogP contribution is -1.86. The summed E-state index contributed by atoms with van der Waals surface area (Å²) < 4.78 is 12.7. The van der Waals surface area contributed by atoms with E-state index in [4.69, 9.17) is 0 Å². The predicted molar refractivity (Wildman–Crippen MR) is 109 cm³/mol. The molecule has 138 valence electrons. The Kier molecular flexibility index (Phi) is 9.49. The van der Waals surface area contributed by atoms with Gasteiger partial charge in [0, 0.05) is 0 Å². The molecule has 0 amide bonds. The van der Waals surface area contributed by atoms with Gasteiger partial charge in [0.15, 0.2) is 0 Å². The van der Waals surface area contributed by atoms with E-state index in [9.17, 15) is 4.39 Å². The lowest BCUT2D eigenvalue weighted by atomic mass is 10.0. The SMILES string of the molecule is CC.CC.CC1CCc2cc(F)ccc21.CC1CCc2ccccc21. The Bertz CT molecular complexity index is 630. The van der Waals surface area contributed by atoms with Crippen molar-refractivity contribution in [1.29, 1.82) is 0 Å². The number of hydrogen-bond donors (Lipinski definition) is 0. The van der Waals surface area contributed by atoms with Gasteiger partial charge in [0.05, 0.1) is 0 Å². The summed E-state index contributed by atoms with van der Waals surface area (Å²) >= 11 is 0. The van der Waals surface area contributed by atoms with E-state index in [0.29, 0.717) is 5.92 Å². The quantitative estimate of drug-likeness (QED) is 0.461. The number of fused-ring (bicyclic) bond motifs is 2. The van der Waals surface area contributed by atoms with Gasteiger partial charge in [-0.15, -0.1) is 0 Å². The van der Waals surface area contributed by atoms with Gasteiger partial charge in [0.2, 0.25) is 0 Å². The maximum Gasteiger partial charge on any atom is 0.123 e. The Morgan fingerprint density at radius 2 is 1.24 bits per heavy atom. The first-order valence-corrected chi connectivity index (χ1v) is 10.0. The van der Waals surface area contributed by atoms with Crippen molar-refractivity contribution in [2.75, 3.05) is 0 Å². The van der Waals surface area contributed by atoms with Gasteiger partial charge in [-0.3, -0.25) is 0 Å². The maximum absolute atomic E-state index is 12.7. The number of hydrogen-bond acceptors (Lipinski definition) is 0. The standard InChI is InChI=1S/C10H11F.C10H12.2C2H6/c1-7-2-3-8-6-9(11)4-5-10(7)8;1-8-6-7-9-4-2-3-5-10(8)9;2*1-2/h4-7H,2-3H2,1H3;2-5,8H,6-7H2,1H3;2*1-2H3. The van der Waals surface area contributed by atoms with Crippen molar-refractivity contribution < 1.29 is 4.39 Å². The molecule has 2 unspecified atom stereocenters. The van der Waals surface area contributed by atoms with Gasteiger partial charge in [-0.2, -0.15) is 0 Å². The first-order chi connectivity index (χ1) is 12.1. The molecule has 0 heterocycles. The molecule has 2 aliphatic rings. The lowest BCUT2D eigenvalue weighted by Gasteiger charge is -2.02. The molecular formula is C24H35F. The molecule has 0 nitrogen and oxygen atoms in total. The second-order valence-electron chi connectivity index (χ2n) is 6.42. The molecule has 0 saturated heterocycles. The molecular weight excluding hydrogens is 307 g/mol. The van der Waals surface area contributed by atoms with Crippen LogP contribution in [0.1, 0.15) is 88.5 Å². The molecule has 2 aromatic carbocycles. The van der Waals surface area contributed by atoms with Crippen molar-refractivity contribution in [3.63, 3.8) is 0 Å². The van der Waals surface area contributed by atoms with E-state index in [1.54, 1.807) is 23.3 Å². The van der Waals surface area contributed by atoms with Gasteiger partial charge in [-0.1, -0.05) is 71.9 Å². The summed E-state index contributed by atoms with van der Waals surface area (Å²) in [5, 5.41) is 0. The first kappa shape index (κ1) is 21.4. The van der Waals surface area contributed by atoms with E-state index in [0.717, 1.165) is 12.3 Å². The molecule has 0 fully saturated rings. The molecule has 0 radical (unpaired) electrons. The van der Waals surface area contributed by atoms with Gasteiger partial charge < -0.3 is 0 Å². The molecule has 0 spiro atoms. The first-order valence-electron chi connectivity index (χ1n) is 10.0. The molecule has 0 saturated carbocycles. The number of halogens is 1. The van der Waals surface area contributed by atoms with Crippen LogP contribution in [0, 0.1) is 5.82 Å². The van der Waals surface area contributed by atoms with Crippen LogP contribution in [0.4, 0.5) is 4.39 Å². The minimum Gasteiger partial charge on any atom is -0.207 e. The van der Waals surface area contributed by atoms with E-state index in [1.165, 1.54) is 30.4 Å². The third-order valence-electron chi connectivity index (χ3n) is 4.92. The van der Waals surface area contributed by atoms with E-state index >= 15 is 0 Å². The Morgan fingerprint density at radius 3 is 1.84 bits per heavy atom. The highest BCUT2D eigenvalue weighted by Crippen LogP contribution is 2.32. The van der Waals surface area contributed by atoms with E-state index in [1.807, 2.05) is 33.8 Å². The molecule has 0 aliphatic heterocycles. The minimum atomic E-state index is -0.0992. The van der Waals surface area contributed by atoms with E-state index in [2.05, 4.69) is 38.1 Å². The van der Waals surface area contributed by atoms with Crippen LogP contribution in [0.5, 0.6) is 0 Å². The lowest BCUT2D eigenvalue weighted by molar-refractivity contribution is 0.626. The van der Waals surface area contributed by atoms with Gasteiger partial charge in [-0.25, -0.2) is 4.39 Å². The maximum atomic E-state index is 12.7. The van der Waals surface area contributed by atoms with Crippen LogP contribution in [0.2, 0.25) is 0 Å². The molecule has 4 rings (SSSR count). The predicted octanol–water partition coefficient (Wildman–Crippen LogP) is 7.66. The summed E-state index contributed by atoms with van der Waals surface area (Å²) in [5.41, 5.74) is 5.68. The second kappa shape index (κ2) is 11.1. The highest BCUT2D eigenvalue weighted by atomic mass is 19.1. The third kappa shape index (κ3) is 5.70. The Hall–Kier alpha value is -1.63. The molecule has 0 N–H and O–H groups in total. The average molecular weight is 343 g/mol. The second-order valence-corrected chi connectivity index (χ2v) is 6.42. The number of rotatable bonds is 0. The highest BCUT2D eigenvalue weighted by Gasteiger charge is 2.18. The summed E-state index contributed by atoms with van der Waals surface area (Å²) in [6.07, 6.45) is 4.86. The molecule has 1 heteroatoms. The van der Waals surface area contributed by atoms with E-state index in [-0.39, 0.29) is 5.82 Å². The van der Waals surface area contributed by atoms with Crippen LogP contribution in [0.25, 0.3) is 0 Å². The highest BCUT2D eigenvalue weighted by molar-refractivity contribution is 5.35. The fourth-order valence-electron chi connectivity index (χ4n) is 3.57. The summed E-state index contributed by atoms with van der Waals surface area (Å²) in [5.74, 6) is 1.33. The van der Waals surface area contributed by atoms with Crippen LogP contribution in [-0.2, 0) is 12.8 Å². The monoisotopic (exact) mass is 342 g/mol. The molecule has 2 aliphatic carbocycles. The normalized spacial score (nSPS) is 19.2. The van der Waals surface area contributed by atoms with Crippen LogP contribution >= 0.6 is 0 Å². The largest absolute Gasteiger partial charge is 0.207 e. The molecule has 0 bridgehead atoms. The summed E-state index contributed by atoms with van der Waals surface area (Å²) in [4.78, 5) is 0. The molecule has 25 heavy (non-hydrogen) atoms. The van der Waals surface area contributed by atoms with Crippen molar-refractivity contribution >= 4 is 0 Å². The molecule has 2 aromatic rings. The summed E-state index contributed by atoms with van der Waals surface area (Å²) in [7, 11) is 0. The van der Waals surface area contributed by atoms with Crippen molar-refractivity contribution in [3.8, 4) is 0 Å². The van der Waals surface area contributed by atoms with Gasteiger partial charge in [-0.05, 0) is 71.9 Å². The summed E-state index contributed by atoms with van der Waals surface area (Å²) in [6.45, 7) is 12.5. The molecule has 0 aromatic heterocycles. The van der Waals surface area contributed by atoms with Gasteiger partial charge in [0.25, 0.3) is 0 Å². The smallest absolute Gasteiger partial charge is 0.123 e. The van der Waals surface area contributed by atoms with Gasteiger partial charge >= 0.3 is 0 Å². The fourth-order valence-corrected chi connectivity index (χ4v) is 3.57. The number of benzene rings is 2. The Morgan fingerprint density at radius 1 is 0.720 bits per heavy atom. The average Bonchev–Trinajstić information content (AvgIpc) is 3.22. The zero-order chi connectivity index (χ0) is 18.8. The third-order valence-corrected chi connectivity index (χ3v) is 4.92. The van der Waals surface area contributed by atoms with Crippen molar-refractivity contribution in [1.82, 2.24) is 0 Å². The summed E-state index contributed by atoms with van der Waals surface area (Å²) in [6, 6.07) is 13.9. The van der Waals surface area contributed by atoms with Crippen LogP contribution in [-0.4, -0.2) is 0 Å². The fraction of sp³-hybridized carbons (Fsp3) is 0.500. The van der Waals surface area contributed by atoms with E-state index < -0.39 is 0 Å².